The lowest BCUT2D eigenvalue weighted by molar-refractivity contribution is 0.0734. The molecular formula is C20H21Cl2FO3. The van der Waals surface area contributed by atoms with Crippen molar-refractivity contribution >= 4 is 29.2 Å². The lowest BCUT2D eigenvalue weighted by Crippen LogP contribution is -2.09. The van der Waals surface area contributed by atoms with Gasteiger partial charge in [-0.3, -0.25) is 0 Å². The highest BCUT2D eigenvalue weighted by molar-refractivity contribution is 6.37. The summed E-state index contributed by atoms with van der Waals surface area (Å²) in [6, 6.07) is 8.05. The highest BCUT2D eigenvalue weighted by Gasteiger charge is 2.16. The van der Waals surface area contributed by atoms with Gasteiger partial charge < -0.3 is 9.47 Å². The molecule has 0 heterocycles. The first-order valence-electron chi connectivity index (χ1n) is 8.61. The summed E-state index contributed by atoms with van der Waals surface area (Å²) < 4.78 is 23.7. The number of hydrogen-bond donors (Lipinski definition) is 0. The molecule has 0 spiro atoms. The molecule has 6 heteroatoms. The van der Waals surface area contributed by atoms with E-state index in [0.29, 0.717) is 12.4 Å². The molecule has 0 N–H and O–H groups in total. The fraction of sp³-hybridized carbons (Fsp3) is 0.350. The van der Waals surface area contributed by atoms with Crippen molar-refractivity contribution in [3.8, 4) is 11.5 Å². The largest absolute Gasteiger partial charge is 0.490 e. The summed E-state index contributed by atoms with van der Waals surface area (Å²) in [7, 11) is 0. The van der Waals surface area contributed by atoms with Gasteiger partial charge in [-0.25, -0.2) is 9.18 Å². The highest BCUT2D eigenvalue weighted by atomic mass is 35.5. The molecule has 0 saturated heterocycles. The molecule has 0 aliphatic rings. The number of halogens is 3. The third kappa shape index (κ3) is 6.19. The monoisotopic (exact) mass is 398 g/mol. The Bertz CT molecular complexity index is 709. The molecule has 0 unspecified atom stereocenters. The van der Waals surface area contributed by atoms with Crippen LogP contribution in [0.2, 0.25) is 10.0 Å². The highest BCUT2D eigenvalue weighted by Crippen LogP contribution is 2.34. The van der Waals surface area contributed by atoms with E-state index in [4.69, 9.17) is 32.7 Å². The molecule has 0 aromatic heterocycles. The van der Waals surface area contributed by atoms with E-state index >= 15 is 0 Å². The normalized spacial score (nSPS) is 10.6. The Hall–Kier alpha value is -1.78. The summed E-state index contributed by atoms with van der Waals surface area (Å²) >= 11 is 12.4. The van der Waals surface area contributed by atoms with Gasteiger partial charge in [0.2, 0.25) is 0 Å². The summed E-state index contributed by atoms with van der Waals surface area (Å²) in [6.45, 7) is 2.68. The van der Waals surface area contributed by atoms with Crippen LogP contribution in [0.4, 0.5) is 4.39 Å². The van der Waals surface area contributed by atoms with Crippen LogP contribution in [0.25, 0.3) is 0 Å². The zero-order valence-electron chi connectivity index (χ0n) is 14.6. The lowest BCUT2D eigenvalue weighted by atomic mass is 10.2. The van der Waals surface area contributed by atoms with Crippen molar-refractivity contribution in [1.82, 2.24) is 0 Å². The minimum Gasteiger partial charge on any atom is -0.490 e. The van der Waals surface area contributed by atoms with Crippen LogP contribution in [0.15, 0.2) is 36.4 Å². The number of benzene rings is 2. The number of unbranched alkanes of at least 4 members (excludes halogenated alkanes) is 4. The second-order valence-electron chi connectivity index (χ2n) is 5.88. The molecule has 0 amide bonds. The number of esters is 1. The zero-order valence-corrected chi connectivity index (χ0v) is 16.1. The predicted molar refractivity (Wildman–Crippen MR) is 102 cm³/mol. The Balaban J connectivity index is 1.96. The minimum absolute atomic E-state index is 0.194. The lowest BCUT2D eigenvalue weighted by Gasteiger charge is -2.12. The first kappa shape index (κ1) is 20.5. The third-order valence-corrected chi connectivity index (χ3v) is 4.31. The van der Waals surface area contributed by atoms with Crippen LogP contribution in [0.1, 0.15) is 49.4 Å². The predicted octanol–water partition coefficient (Wildman–Crippen LogP) is 6.70. The molecule has 0 aliphatic carbocycles. The summed E-state index contributed by atoms with van der Waals surface area (Å²) in [6.07, 6.45) is 5.59. The Kier molecular flexibility index (Phi) is 8.20. The number of carbonyl (C=O) groups excluding carboxylic acids is 1. The second kappa shape index (κ2) is 10.4. The number of hydrogen-bond acceptors (Lipinski definition) is 3. The van der Waals surface area contributed by atoms with Gasteiger partial charge in [-0.05, 0) is 42.8 Å². The molecule has 3 nitrogen and oxygen atoms in total. The molecule has 26 heavy (non-hydrogen) atoms. The van der Waals surface area contributed by atoms with Gasteiger partial charge in [0, 0.05) is 0 Å². The van der Waals surface area contributed by atoms with Crippen LogP contribution in [-0.4, -0.2) is 12.6 Å². The quantitative estimate of drug-likeness (QED) is 0.267. The Morgan fingerprint density at radius 1 is 1.00 bits per heavy atom. The molecule has 140 valence electrons. The van der Waals surface area contributed by atoms with Crippen LogP contribution in [0.3, 0.4) is 0 Å². The minimum atomic E-state index is -0.633. The van der Waals surface area contributed by atoms with E-state index < -0.39 is 11.8 Å². The van der Waals surface area contributed by atoms with E-state index in [1.165, 1.54) is 55.7 Å². The number of ether oxygens (including phenoxy) is 2. The standard InChI is InChI=1S/C20H21Cl2FO3/c1-2-3-4-5-6-11-25-19-17(21)12-14(13-18(19)22)20(24)26-16-9-7-15(23)8-10-16/h7-10,12-13H,2-6,11H2,1H3. The van der Waals surface area contributed by atoms with Gasteiger partial charge in [-0.1, -0.05) is 55.8 Å². The van der Waals surface area contributed by atoms with Crippen LogP contribution >= 0.6 is 23.2 Å². The van der Waals surface area contributed by atoms with Gasteiger partial charge in [-0.15, -0.1) is 0 Å². The van der Waals surface area contributed by atoms with Crippen LogP contribution in [0, 0.1) is 5.82 Å². The van der Waals surface area contributed by atoms with Crippen molar-refractivity contribution in [2.24, 2.45) is 0 Å². The Labute approximate surface area is 163 Å². The van der Waals surface area contributed by atoms with Crippen molar-refractivity contribution in [3.63, 3.8) is 0 Å². The van der Waals surface area contributed by atoms with Crippen molar-refractivity contribution in [3.05, 3.63) is 57.8 Å². The van der Waals surface area contributed by atoms with E-state index in [1.807, 2.05) is 0 Å². The maximum Gasteiger partial charge on any atom is 0.343 e. The molecule has 0 fully saturated rings. The van der Waals surface area contributed by atoms with E-state index in [1.54, 1.807) is 0 Å². The fourth-order valence-electron chi connectivity index (χ4n) is 2.36. The van der Waals surface area contributed by atoms with Gasteiger partial charge in [0.15, 0.2) is 5.75 Å². The van der Waals surface area contributed by atoms with E-state index in [2.05, 4.69) is 6.92 Å². The van der Waals surface area contributed by atoms with Crippen molar-refractivity contribution in [1.29, 1.82) is 0 Å². The Morgan fingerprint density at radius 3 is 2.23 bits per heavy atom. The van der Waals surface area contributed by atoms with Gasteiger partial charge in [0.1, 0.15) is 11.6 Å². The summed E-state index contributed by atoms with van der Waals surface area (Å²) in [4.78, 5) is 12.2. The van der Waals surface area contributed by atoms with Crippen molar-refractivity contribution in [2.75, 3.05) is 6.61 Å². The average Bonchev–Trinajstić information content (AvgIpc) is 2.61. The first-order valence-corrected chi connectivity index (χ1v) is 9.36. The van der Waals surface area contributed by atoms with Crippen LogP contribution in [0.5, 0.6) is 11.5 Å². The van der Waals surface area contributed by atoms with Crippen molar-refractivity contribution < 1.29 is 18.7 Å². The number of rotatable bonds is 9. The Morgan fingerprint density at radius 2 is 1.62 bits per heavy atom. The molecule has 2 aromatic carbocycles. The van der Waals surface area contributed by atoms with Gasteiger partial charge in [0.05, 0.1) is 22.2 Å². The summed E-state index contributed by atoms with van der Waals surface area (Å²) in [5.74, 6) is -0.447. The van der Waals surface area contributed by atoms with E-state index in [9.17, 15) is 9.18 Å². The molecule has 2 aromatic rings. The van der Waals surface area contributed by atoms with E-state index in [-0.39, 0.29) is 21.4 Å². The number of carbonyl (C=O) groups is 1. The SMILES string of the molecule is CCCCCCCOc1c(Cl)cc(C(=O)Oc2ccc(F)cc2)cc1Cl. The molecule has 0 saturated carbocycles. The average molecular weight is 399 g/mol. The molecule has 0 atom stereocenters. The molecule has 0 bridgehead atoms. The zero-order chi connectivity index (χ0) is 18.9. The second-order valence-corrected chi connectivity index (χ2v) is 6.69. The molecule has 2 rings (SSSR count). The molecule has 0 radical (unpaired) electrons. The van der Waals surface area contributed by atoms with Gasteiger partial charge in [-0.2, -0.15) is 0 Å². The van der Waals surface area contributed by atoms with Crippen LogP contribution in [-0.2, 0) is 0 Å². The third-order valence-electron chi connectivity index (χ3n) is 3.75. The van der Waals surface area contributed by atoms with Crippen molar-refractivity contribution in [2.45, 2.75) is 39.0 Å². The maximum atomic E-state index is 12.9. The molecular weight excluding hydrogens is 378 g/mol. The summed E-state index contributed by atoms with van der Waals surface area (Å²) in [5.41, 5.74) is 0.194. The molecule has 0 aliphatic heterocycles. The smallest absolute Gasteiger partial charge is 0.343 e. The topological polar surface area (TPSA) is 35.5 Å². The van der Waals surface area contributed by atoms with Gasteiger partial charge in [0.25, 0.3) is 0 Å². The van der Waals surface area contributed by atoms with Crippen LogP contribution < -0.4 is 9.47 Å². The maximum absolute atomic E-state index is 12.9. The first-order chi connectivity index (χ1) is 12.5. The van der Waals surface area contributed by atoms with Gasteiger partial charge >= 0.3 is 5.97 Å². The van der Waals surface area contributed by atoms with E-state index in [0.717, 1.165) is 12.8 Å². The fourth-order valence-corrected chi connectivity index (χ4v) is 2.96. The summed E-state index contributed by atoms with van der Waals surface area (Å²) in [5, 5.41) is 0.495.